The lowest BCUT2D eigenvalue weighted by Crippen LogP contribution is -2.43. The van der Waals surface area contributed by atoms with Crippen molar-refractivity contribution >= 4 is 41.7 Å². The van der Waals surface area contributed by atoms with Crippen LogP contribution in [0.1, 0.15) is 26.0 Å². The van der Waals surface area contributed by atoms with Crippen LogP contribution in [0, 0.1) is 0 Å². The van der Waals surface area contributed by atoms with E-state index in [1.54, 1.807) is 6.26 Å². The zero-order valence-corrected chi connectivity index (χ0v) is 16.7. The van der Waals surface area contributed by atoms with Crippen LogP contribution in [0.5, 0.6) is 0 Å². The Morgan fingerprint density at radius 1 is 1.55 bits per heavy atom. The Labute approximate surface area is 155 Å². The number of rotatable bonds is 10. The number of nitrogens with zero attached hydrogens (tertiary/aromatic N) is 1. The zero-order valence-electron chi connectivity index (χ0n) is 13.5. The number of furan rings is 1. The Kier molecular flexibility index (Phi) is 13.6. The number of aliphatic imine (C=N–C) groups is 1. The average Bonchev–Trinajstić information content (AvgIpc) is 2.99. The molecule has 1 aromatic heterocycles. The molecule has 1 aromatic rings. The molecule has 0 spiro atoms. The van der Waals surface area contributed by atoms with Gasteiger partial charge in [0.05, 0.1) is 12.8 Å². The second-order valence-corrected chi connectivity index (χ2v) is 5.95. The molecular formula is C16H28IN3OS. The van der Waals surface area contributed by atoms with E-state index in [-0.39, 0.29) is 24.0 Å². The van der Waals surface area contributed by atoms with Crippen LogP contribution in [0.3, 0.4) is 0 Å². The molecule has 22 heavy (non-hydrogen) atoms. The summed E-state index contributed by atoms with van der Waals surface area (Å²) in [5.41, 5.74) is 0. The summed E-state index contributed by atoms with van der Waals surface area (Å²) in [6.07, 6.45) is 5.57. The van der Waals surface area contributed by atoms with Crippen LogP contribution in [0.15, 0.2) is 40.5 Å². The van der Waals surface area contributed by atoms with Crippen molar-refractivity contribution in [1.29, 1.82) is 0 Å². The summed E-state index contributed by atoms with van der Waals surface area (Å²) in [6.45, 7) is 9.67. The summed E-state index contributed by atoms with van der Waals surface area (Å²) < 4.78 is 5.33. The summed E-state index contributed by atoms with van der Waals surface area (Å²) in [5, 5.41) is 6.78. The topological polar surface area (TPSA) is 49.6 Å². The number of halogens is 1. The number of thioether (sulfide) groups is 1. The summed E-state index contributed by atoms with van der Waals surface area (Å²) in [6, 6.07) is 4.33. The number of hydrogen-bond donors (Lipinski definition) is 2. The smallest absolute Gasteiger partial charge is 0.191 e. The number of guanidine groups is 1. The Balaban J connectivity index is 0.00000441. The van der Waals surface area contributed by atoms with Gasteiger partial charge in [0.15, 0.2) is 5.96 Å². The lowest BCUT2D eigenvalue weighted by Gasteiger charge is -2.16. The normalized spacial score (nSPS) is 12.4. The van der Waals surface area contributed by atoms with Crippen LogP contribution < -0.4 is 10.6 Å². The molecule has 6 heteroatoms. The fraction of sp³-hybridized carbons (Fsp3) is 0.562. The number of nitrogens with one attached hydrogen (secondary N) is 2. The Bertz CT molecular complexity index is 410. The summed E-state index contributed by atoms with van der Waals surface area (Å²) >= 11 is 1.85. The predicted octanol–water partition coefficient (Wildman–Crippen LogP) is 3.69. The van der Waals surface area contributed by atoms with Gasteiger partial charge in [-0.25, -0.2) is 0 Å². The highest BCUT2D eigenvalue weighted by atomic mass is 127. The van der Waals surface area contributed by atoms with E-state index < -0.39 is 0 Å². The molecule has 2 N–H and O–H groups in total. The van der Waals surface area contributed by atoms with Crippen LogP contribution in [0.25, 0.3) is 0 Å². The Morgan fingerprint density at radius 3 is 3.00 bits per heavy atom. The molecule has 0 amide bonds. The van der Waals surface area contributed by atoms with Crippen LogP contribution in [0.2, 0.25) is 0 Å². The minimum Gasteiger partial charge on any atom is -0.469 e. The second kappa shape index (κ2) is 14.0. The average molecular weight is 437 g/mol. The zero-order chi connectivity index (χ0) is 15.3. The van der Waals surface area contributed by atoms with Gasteiger partial charge < -0.3 is 15.1 Å². The van der Waals surface area contributed by atoms with Gasteiger partial charge in [0, 0.05) is 30.5 Å². The van der Waals surface area contributed by atoms with E-state index in [2.05, 4.69) is 36.1 Å². The standard InChI is InChI=1S/C16H27N3OS.HI/c1-4-12-21-13-10-18-16(19-14(3)5-2)17-9-8-15-7-6-11-20-15;/h4,6-7,11,14H,1,5,8-10,12-13H2,2-3H3,(H2,17,18,19);1H. The van der Waals surface area contributed by atoms with Crippen LogP contribution in [-0.2, 0) is 6.42 Å². The van der Waals surface area contributed by atoms with Gasteiger partial charge in [-0.2, -0.15) is 11.8 Å². The Hall–Kier alpha value is -0.630. The molecule has 0 aliphatic rings. The second-order valence-electron chi connectivity index (χ2n) is 4.80. The Morgan fingerprint density at radius 2 is 2.36 bits per heavy atom. The molecule has 0 aromatic carbocycles. The van der Waals surface area contributed by atoms with Crippen LogP contribution in [0.4, 0.5) is 0 Å². The van der Waals surface area contributed by atoms with Crippen LogP contribution in [-0.4, -0.2) is 36.6 Å². The predicted molar refractivity (Wildman–Crippen MR) is 109 cm³/mol. The van der Waals surface area contributed by atoms with E-state index in [9.17, 15) is 0 Å². The van der Waals surface area contributed by atoms with E-state index in [1.165, 1.54) is 0 Å². The molecule has 0 aliphatic heterocycles. The third-order valence-electron chi connectivity index (χ3n) is 2.98. The molecule has 0 bridgehead atoms. The van der Waals surface area contributed by atoms with Crippen molar-refractivity contribution < 1.29 is 4.42 Å². The quantitative estimate of drug-likeness (QED) is 0.193. The van der Waals surface area contributed by atoms with Crippen molar-refractivity contribution in [3.8, 4) is 0 Å². The summed E-state index contributed by atoms with van der Waals surface area (Å²) in [7, 11) is 0. The van der Waals surface area contributed by atoms with Gasteiger partial charge in [-0.05, 0) is 25.5 Å². The first kappa shape index (κ1) is 21.4. The van der Waals surface area contributed by atoms with E-state index >= 15 is 0 Å². The van der Waals surface area contributed by atoms with Crippen molar-refractivity contribution in [2.45, 2.75) is 32.7 Å². The maximum atomic E-state index is 5.33. The molecule has 0 fully saturated rings. The van der Waals surface area contributed by atoms with Gasteiger partial charge in [-0.15, -0.1) is 30.6 Å². The molecule has 126 valence electrons. The summed E-state index contributed by atoms with van der Waals surface area (Å²) in [4.78, 5) is 4.61. The first-order chi connectivity index (χ1) is 10.3. The van der Waals surface area contributed by atoms with Crippen molar-refractivity contribution in [2.24, 2.45) is 4.99 Å². The van der Waals surface area contributed by atoms with Crippen molar-refractivity contribution in [3.05, 3.63) is 36.8 Å². The third-order valence-corrected chi connectivity index (χ3v) is 3.92. The SMILES string of the molecule is C=CCSCCN=C(NCCc1ccco1)NC(C)CC.I. The fourth-order valence-electron chi connectivity index (χ4n) is 1.64. The lowest BCUT2D eigenvalue weighted by molar-refractivity contribution is 0.506. The maximum Gasteiger partial charge on any atom is 0.191 e. The van der Waals surface area contributed by atoms with E-state index in [4.69, 9.17) is 4.42 Å². The minimum atomic E-state index is 0. The van der Waals surface area contributed by atoms with Gasteiger partial charge in [0.25, 0.3) is 0 Å². The summed E-state index contributed by atoms with van der Waals surface area (Å²) in [5.74, 6) is 3.87. The molecule has 4 nitrogen and oxygen atoms in total. The fourth-order valence-corrected chi connectivity index (χ4v) is 2.19. The van der Waals surface area contributed by atoms with Crippen molar-refractivity contribution in [3.63, 3.8) is 0 Å². The molecular weight excluding hydrogens is 409 g/mol. The molecule has 1 atom stereocenters. The molecule has 0 saturated carbocycles. The van der Waals surface area contributed by atoms with Crippen molar-refractivity contribution in [1.82, 2.24) is 10.6 Å². The third kappa shape index (κ3) is 10.2. The van der Waals surface area contributed by atoms with Gasteiger partial charge in [0.1, 0.15) is 5.76 Å². The van der Waals surface area contributed by atoms with Gasteiger partial charge in [-0.1, -0.05) is 13.0 Å². The van der Waals surface area contributed by atoms with Crippen LogP contribution >= 0.6 is 35.7 Å². The lowest BCUT2D eigenvalue weighted by atomic mass is 10.3. The first-order valence-electron chi connectivity index (χ1n) is 7.52. The molecule has 1 heterocycles. The molecule has 0 radical (unpaired) electrons. The molecule has 0 saturated heterocycles. The minimum absolute atomic E-state index is 0. The highest BCUT2D eigenvalue weighted by molar-refractivity contribution is 14.0. The van der Waals surface area contributed by atoms with E-state index in [1.807, 2.05) is 30.0 Å². The largest absolute Gasteiger partial charge is 0.469 e. The highest BCUT2D eigenvalue weighted by Gasteiger charge is 2.03. The molecule has 1 unspecified atom stereocenters. The van der Waals surface area contributed by atoms with E-state index in [0.717, 1.165) is 49.2 Å². The molecule has 0 aliphatic carbocycles. The monoisotopic (exact) mass is 437 g/mol. The maximum absolute atomic E-state index is 5.33. The number of hydrogen-bond acceptors (Lipinski definition) is 3. The van der Waals surface area contributed by atoms with Crippen molar-refractivity contribution in [2.75, 3.05) is 24.6 Å². The first-order valence-corrected chi connectivity index (χ1v) is 8.67. The van der Waals surface area contributed by atoms with Gasteiger partial charge in [0.2, 0.25) is 0 Å². The van der Waals surface area contributed by atoms with E-state index in [0.29, 0.717) is 6.04 Å². The highest BCUT2D eigenvalue weighted by Crippen LogP contribution is 2.00. The van der Waals surface area contributed by atoms with Gasteiger partial charge in [-0.3, -0.25) is 4.99 Å². The van der Waals surface area contributed by atoms with Gasteiger partial charge >= 0.3 is 0 Å². The molecule has 1 rings (SSSR count).